The summed E-state index contributed by atoms with van der Waals surface area (Å²) < 4.78 is 67.9. The number of alkyl halides is 5. The van der Waals surface area contributed by atoms with Crippen molar-refractivity contribution in [1.82, 2.24) is 25.0 Å². The molecule has 1 aliphatic rings. The fraction of sp³-hybridized carbons (Fsp3) is 0.370. The standard InChI is InChI=1S/C27H29F5N6O/c1-17(27(30,31)32)25-21-6-3-7-23(35-19-8-11-38(12-9-19)16-24(28)29)22(21)13-20(36-25)5-4-10-33-26(39)18-14-34-37(2)15-18/h3-7,13-15,19,24,35H,1,8-12,16H2,2H3,(H,33,39)/b5-4+. The second-order valence-corrected chi connectivity index (χ2v) is 9.40. The van der Waals surface area contributed by atoms with Crippen LogP contribution >= 0.6 is 0 Å². The van der Waals surface area contributed by atoms with Crippen LogP contribution < -0.4 is 10.6 Å². The number of pyridine rings is 1. The molecule has 0 bridgehead atoms. The zero-order valence-electron chi connectivity index (χ0n) is 21.3. The lowest BCUT2D eigenvalue weighted by Crippen LogP contribution is -2.41. The molecule has 0 atom stereocenters. The normalized spacial score (nSPS) is 15.4. The summed E-state index contributed by atoms with van der Waals surface area (Å²) in [6.45, 7) is 4.12. The van der Waals surface area contributed by atoms with E-state index >= 15 is 0 Å². The molecule has 7 nitrogen and oxygen atoms in total. The monoisotopic (exact) mass is 548 g/mol. The molecule has 39 heavy (non-hydrogen) atoms. The van der Waals surface area contributed by atoms with Gasteiger partial charge in [0.2, 0.25) is 0 Å². The average Bonchev–Trinajstić information content (AvgIpc) is 3.32. The summed E-state index contributed by atoms with van der Waals surface area (Å²) in [4.78, 5) is 18.1. The van der Waals surface area contributed by atoms with Gasteiger partial charge in [-0.3, -0.25) is 14.4 Å². The van der Waals surface area contributed by atoms with Crippen LogP contribution in [0.15, 0.2) is 49.3 Å². The Bertz CT molecular complexity index is 1360. The number of piperidine rings is 1. The Morgan fingerprint density at radius 1 is 1.23 bits per heavy atom. The van der Waals surface area contributed by atoms with Crippen molar-refractivity contribution in [3.8, 4) is 0 Å². The molecule has 4 rings (SSSR count). The molecule has 3 heterocycles. The van der Waals surface area contributed by atoms with Crippen LogP contribution in [0.5, 0.6) is 0 Å². The van der Waals surface area contributed by atoms with E-state index in [0.717, 1.165) is 0 Å². The number of anilines is 1. The third-order valence-corrected chi connectivity index (χ3v) is 6.50. The summed E-state index contributed by atoms with van der Waals surface area (Å²) in [5.41, 5.74) is -0.0775. The van der Waals surface area contributed by atoms with Gasteiger partial charge in [-0.15, -0.1) is 0 Å². The summed E-state index contributed by atoms with van der Waals surface area (Å²) in [6.07, 6.45) is 0.301. The lowest BCUT2D eigenvalue weighted by molar-refractivity contribution is -0.0688. The Balaban J connectivity index is 1.57. The average molecular weight is 549 g/mol. The number of nitrogens with one attached hydrogen (secondary N) is 2. The van der Waals surface area contributed by atoms with Crippen molar-refractivity contribution >= 4 is 34.0 Å². The Labute approximate surface area is 222 Å². The first kappa shape index (κ1) is 28.2. The van der Waals surface area contributed by atoms with Gasteiger partial charge in [-0.25, -0.2) is 13.8 Å². The van der Waals surface area contributed by atoms with Crippen LogP contribution in [0.2, 0.25) is 0 Å². The highest BCUT2D eigenvalue weighted by molar-refractivity contribution is 6.01. The highest BCUT2D eigenvalue weighted by atomic mass is 19.4. The highest BCUT2D eigenvalue weighted by Gasteiger charge is 2.35. The highest BCUT2D eigenvalue weighted by Crippen LogP contribution is 2.37. The van der Waals surface area contributed by atoms with Crippen molar-refractivity contribution in [1.29, 1.82) is 0 Å². The van der Waals surface area contributed by atoms with Crippen molar-refractivity contribution in [2.75, 3.05) is 31.5 Å². The minimum Gasteiger partial charge on any atom is -0.382 e. The van der Waals surface area contributed by atoms with Crippen molar-refractivity contribution in [2.45, 2.75) is 31.5 Å². The van der Waals surface area contributed by atoms with Gasteiger partial charge in [0.15, 0.2) is 0 Å². The van der Waals surface area contributed by atoms with Gasteiger partial charge in [-0.1, -0.05) is 24.8 Å². The molecule has 1 fully saturated rings. The van der Waals surface area contributed by atoms with Crippen molar-refractivity contribution in [3.63, 3.8) is 0 Å². The Hall–Kier alpha value is -3.80. The molecule has 2 aromatic heterocycles. The van der Waals surface area contributed by atoms with E-state index in [4.69, 9.17) is 0 Å². The number of aryl methyl sites for hydroxylation is 1. The molecule has 0 spiro atoms. The summed E-state index contributed by atoms with van der Waals surface area (Å²) in [7, 11) is 1.69. The van der Waals surface area contributed by atoms with Crippen LogP contribution in [0, 0.1) is 0 Å². The van der Waals surface area contributed by atoms with E-state index in [9.17, 15) is 26.7 Å². The maximum atomic E-state index is 13.7. The molecule has 1 aliphatic heterocycles. The van der Waals surface area contributed by atoms with E-state index in [-0.39, 0.29) is 36.4 Å². The van der Waals surface area contributed by atoms with Crippen LogP contribution in [0.1, 0.15) is 34.6 Å². The molecule has 0 unspecified atom stereocenters. The predicted molar refractivity (Wildman–Crippen MR) is 140 cm³/mol. The molecule has 3 aromatic rings. The number of aromatic nitrogens is 3. The van der Waals surface area contributed by atoms with E-state index in [0.29, 0.717) is 48.0 Å². The molecule has 0 aliphatic carbocycles. The third kappa shape index (κ3) is 7.20. The first-order chi connectivity index (χ1) is 18.5. The van der Waals surface area contributed by atoms with Crippen molar-refractivity contribution in [2.24, 2.45) is 7.05 Å². The molecule has 1 amide bonds. The molecular formula is C27H29F5N6O. The largest absolute Gasteiger partial charge is 0.417 e. The van der Waals surface area contributed by atoms with Gasteiger partial charge < -0.3 is 10.6 Å². The lowest BCUT2D eigenvalue weighted by Gasteiger charge is -2.32. The fourth-order valence-corrected chi connectivity index (χ4v) is 4.52. The Morgan fingerprint density at radius 2 is 1.97 bits per heavy atom. The van der Waals surface area contributed by atoms with Crippen LogP contribution in [0.25, 0.3) is 22.4 Å². The number of nitrogens with zero attached hydrogens (tertiary/aromatic N) is 4. The minimum absolute atomic E-state index is 0.0198. The number of amides is 1. The molecule has 1 saturated heterocycles. The van der Waals surface area contributed by atoms with Gasteiger partial charge in [0.25, 0.3) is 12.3 Å². The quantitative estimate of drug-likeness (QED) is 0.363. The maximum Gasteiger partial charge on any atom is 0.417 e. The van der Waals surface area contributed by atoms with Crippen LogP contribution in [0.3, 0.4) is 0 Å². The topological polar surface area (TPSA) is 75.1 Å². The van der Waals surface area contributed by atoms with Crippen molar-refractivity contribution in [3.05, 3.63) is 66.3 Å². The number of hydrogen-bond donors (Lipinski definition) is 2. The summed E-state index contributed by atoms with van der Waals surface area (Å²) in [5, 5.41) is 10.8. The van der Waals surface area contributed by atoms with Crippen molar-refractivity contribution < 1.29 is 26.7 Å². The summed E-state index contributed by atoms with van der Waals surface area (Å²) in [6, 6.07) is 6.64. The number of carbonyl (C=O) groups is 1. The van der Waals surface area contributed by atoms with E-state index in [1.54, 1.807) is 48.5 Å². The number of halogens is 5. The number of rotatable bonds is 9. The van der Waals surface area contributed by atoms with Crippen LogP contribution in [0.4, 0.5) is 27.6 Å². The molecule has 0 saturated carbocycles. The number of hydrogen-bond acceptors (Lipinski definition) is 5. The zero-order chi connectivity index (χ0) is 28.2. The summed E-state index contributed by atoms with van der Waals surface area (Å²) >= 11 is 0. The Kier molecular flexibility index (Phi) is 8.63. The minimum atomic E-state index is -4.68. The van der Waals surface area contributed by atoms with Crippen LogP contribution in [-0.2, 0) is 7.05 Å². The molecule has 208 valence electrons. The number of fused-ring (bicyclic) bond motifs is 1. The molecule has 12 heteroatoms. The summed E-state index contributed by atoms with van der Waals surface area (Å²) in [5.74, 6) is -0.337. The molecule has 0 radical (unpaired) electrons. The second-order valence-electron chi connectivity index (χ2n) is 9.40. The second kappa shape index (κ2) is 11.9. The number of allylic oxidation sites excluding steroid dienone is 1. The van der Waals surface area contributed by atoms with Gasteiger partial charge in [0, 0.05) is 55.4 Å². The van der Waals surface area contributed by atoms with Crippen LogP contribution in [-0.4, -0.2) is 70.4 Å². The van der Waals surface area contributed by atoms with E-state index in [2.05, 4.69) is 27.3 Å². The SMILES string of the molecule is C=C(c1nc(/C=C/CNC(=O)c2cnn(C)c2)cc2c(NC3CCN(CC(F)F)CC3)cccc12)C(F)(F)F. The van der Waals surface area contributed by atoms with E-state index < -0.39 is 18.2 Å². The predicted octanol–water partition coefficient (Wildman–Crippen LogP) is 5.13. The Morgan fingerprint density at radius 3 is 2.62 bits per heavy atom. The smallest absolute Gasteiger partial charge is 0.382 e. The van der Waals surface area contributed by atoms with Gasteiger partial charge >= 0.3 is 6.18 Å². The lowest BCUT2D eigenvalue weighted by atomic mass is 10.00. The number of likely N-dealkylation sites (tertiary alicyclic amines) is 1. The third-order valence-electron chi connectivity index (χ3n) is 6.50. The number of benzene rings is 1. The zero-order valence-corrected chi connectivity index (χ0v) is 21.3. The first-order valence-corrected chi connectivity index (χ1v) is 12.4. The molecule has 2 N–H and O–H groups in total. The number of carbonyl (C=O) groups excluding carboxylic acids is 1. The van der Waals surface area contributed by atoms with Gasteiger partial charge in [0.1, 0.15) is 0 Å². The van der Waals surface area contributed by atoms with Gasteiger partial charge in [-0.05, 0) is 31.1 Å². The molecule has 1 aromatic carbocycles. The van der Waals surface area contributed by atoms with Gasteiger partial charge in [0.05, 0.1) is 35.3 Å². The van der Waals surface area contributed by atoms with Gasteiger partial charge in [-0.2, -0.15) is 18.3 Å². The van der Waals surface area contributed by atoms with E-state index in [1.807, 2.05) is 0 Å². The maximum absolute atomic E-state index is 13.7. The molecular weight excluding hydrogens is 519 g/mol. The fourth-order valence-electron chi connectivity index (χ4n) is 4.52. The van der Waals surface area contributed by atoms with E-state index in [1.165, 1.54) is 17.0 Å². The first-order valence-electron chi connectivity index (χ1n) is 12.4.